The van der Waals surface area contributed by atoms with E-state index in [0.717, 1.165) is 0 Å². The van der Waals surface area contributed by atoms with Gasteiger partial charge in [0, 0.05) is 24.6 Å². The summed E-state index contributed by atoms with van der Waals surface area (Å²) in [5.41, 5.74) is 0.542. The van der Waals surface area contributed by atoms with Gasteiger partial charge in [-0.25, -0.2) is 0 Å². The average molecular weight is 311 g/mol. The summed E-state index contributed by atoms with van der Waals surface area (Å²) in [7, 11) is 0. The number of nitrogens with one attached hydrogen (secondary N) is 1. The van der Waals surface area contributed by atoms with Gasteiger partial charge in [-0.15, -0.1) is 0 Å². The zero-order valence-electron chi connectivity index (χ0n) is 11.6. The number of halogens is 5. The Hall–Kier alpha value is -1.37. The van der Waals surface area contributed by atoms with Crippen molar-refractivity contribution in [2.45, 2.75) is 51.6 Å². The summed E-state index contributed by atoms with van der Waals surface area (Å²) in [6.45, 7) is -0.890. The molecule has 0 saturated carbocycles. The monoisotopic (exact) mass is 311 g/mol. The summed E-state index contributed by atoms with van der Waals surface area (Å²) >= 11 is 0. The van der Waals surface area contributed by atoms with Crippen molar-refractivity contribution < 1.29 is 26.7 Å². The van der Waals surface area contributed by atoms with Crippen molar-refractivity contribution in [1.29, 1.82) is 0 Å². The van der Waals surface area contributed by atoms with E-state index in [-0.39, 0.29) is 24.8 Å². The smallest absolute Gasteiger partial charge is 0.389 e. The maximum absolute atomic E-state index is 12.2. The molecule has 0 aromatic heterocycles. The van der Waals surface area contributed by atoms with Crippen LogP contribution in [0.5, 0.6) is 5.75 Å². The summed E-state index contributed by atoms with van der Waals surface area (Å²) in [6.07, 6.45) is -4.56. The predicted octanol–water partition coefficient (Wildman–Crippen LogP) is 4.50. The van der Waals surface area contributed by atoms with Crippen molar-refractivity contribution in [1.82, 2.24) is 5.32 Å². The van der Waals surface area contributed by atoms with Gasteiger partial charge in [0.1, 0.15) is 5.75 Å². The van der Waals surface area contributed by atoms with Gasteiger partial charge in [0.2, 0.25) is 0 Å². The fourth-order valence-electron chi connectivity index (χ4n) is 1.86. The third-order valence-corrected chi connectivity index (χ3v) is 2.93. The molecular formula is C14H18F5NO. The highest BCUT2D eigenvalue weighted by Crippen LogP contribution is 2.23. The van der Waals surface area contributed by atoms with Crippen LogP contribution in [0.3, 0.4) is 0 Å². The molecule has 120 valence electrons. The van der Waals surface area contributed by atoms with Crippen LogP contribution in [0.4, 0.5) is 22.0 Å². The number of hydrogen-bond donors (Lipinski definition) is 1. The highest BCUT2D eigenvalue weighted by Gasteiger charge is 2.26. The fraction of sp³-hybridized carbons (Fsp3) is 0.571. The van der Waals surface area contributed by atoms with E-state index in [0.29, 0.717) is 12.0 Å². The molecule has 0 aliphatic heterocycles. The van der Waals surface area contributed by atoms with Crippen molar-refractivity contribution >= 4 is 0 Å². The van der Waals surface area contributed by atoms with E-state index in [1.165, 1.54) is 6.07 Å². The summed E-state index contributed by atoms with van der Waals surface area (Å²) in [5, 5.41) is 3.01. The van der Waals surface area contributed by atoms with E-state index in [1.807, 2.05) is 0 Å². The van der Waals surface area contributed by atoms with Gasteiger partial charge < -0.3 is 10.1 Å². The lowest BCUT2D eigenvalue weighted by Crippen LogP contribution is -2.26. The molecule has 1 N–H and O–H groups in total. The highest BCUT2D eigenvalue weighted by molar-refractivity contribution is 5.33. The Morgan fingerprint density at radius 3 is 2.48 bits per heavy atom. The van der Waals surface area contributed by atoms with Gasteiger partial charge in [0.05, 0.1) is 0 Å². The third kappa shape index (κ3) is 7.84. The van der Waals surface area contributed by atoms with Gasteiger partial charge >= 0.3 is 12.8 Å². The summed E-state index contributed by atoms with van der Waals surface area (Å²) in [4.78, 5) is 0. The molecule has 7 heteroatoms. The molecule has 21 heavy (non-hydrogen) atoms. The van der Waals surface area contributed by atoms with Crippen LogP contribution < -0.4 is 10.1 Å². The third-order valence-electron chi connectivity index (χ3n) is 2.93. The number of ether oxygens (including phenoxy) is 1. The zero-order chi connectivity index (χ0) is 15.9. The Kier molecular flexibility index (Phi) is 6.87. The highest BCUT2D eigenvalue weighted by atomic mass is 19.4. The molecule has 1 aromatic rings. The molecule has 0 spiro atoms. The Morgan fingerprint density at radius 1 is 1.19 bits per heavy atom. The van der Waals surface area contributed by atoms with E-state index in [2.05, 4.69) is 10.1 Å². The van der Waals surface area contributed by atoms with Crippen LogP contribution in [0.15, 0.2) is 24.3 Å². The van der Waals surface area contributed by atoms with Crippen LogP contribution in [0.2, 0.25) is 0 Å². The zero-order valence-corrected chi connectivity index (χ0v) is 11.6. The van der Waals surface area contributed by atoms with Crippen molar-refractivity contribution in [2.75, 3.05) is 0 Å². The van der Waals surface area contributed by atoms with E-state index in [4.69, 9.17) is 0 Å². The molecule has 1 rings (SSSR count). The van der Waals surface area contributed by atoms with Gasteiger partial charge in [-0.1, -0.05) is 18.2 Å². The molecule has 0 fully saturated rings. The lowest BCUT2D eigenvalue weighted by molar-refractivity contribution is -0.135. The molecule has 1 unspecified atom stereocenters. The Morgan fingerprint density at radius 2 is 1.86 bits per heavy atom. The van der Waals surface area contributed by atoms with Crippen LogP contribution in [-0.2, 0) is 6.54 Å². The lowest BCUT2D eigenvalue weighted by atomic mass is 10.1. The molecule has 1 aromatic carbocycles. The molecule has 2 nitrogen and oxygen atoms in total. The van der Waals surface area contributed by atoms with E-state index >= 15 is 0 Å². The van der Waals surface area contributed by atoms with Gasteiger partial charge in [0.25, 0.3) is 0 Å². The van der Waals surface area contributed by atoms with Crippen molar-refractivity contribution in [3.8, 4) is 5.75 Å². The van der Waals surface area contributed by atoms with Gasteiger partial charge in [-0.2, -0.15) is 22.0 Å². The number of rotatable bonds is 8. The molecule has 0 aliphatic rings. The van der Waals surface area contributed by atoms with Crippen LogP contribution in [0.1, 0.15) is 31.7 Å². The second-order valence-electron chi connectivity index (χ2n) is 4.78. The number of para-hydroxylation sites is 1. The summed E-state index contributed by atoms with van der Waals surface area (Å²) in [6, 6.07) is 6.18. The number of hydrogen-bond acceptors (Lipinski definition) is 2. The Bertz CT molecular complexity index is 422. The van der Waals surface area contributed by atoms with Crippen LogP contribution >= 0.6 is 0 Å². The average Bonchev–Trinajstić information content (AvgIpc) is 2.35. The SMILES string of the molecule is CC(CCCC(F)(F)F)NCc1ccccc1OC(F)F. The molecule has 0 heterocycles. The van der Waals surface area contributed by atoms with Crippen molar-refractivity contribution in [3.05, 3.63) is 29.8 Å². The van der Waals surface area contributed by atoms with Crippen molar-refractivity contribution in [2.24, 2.45) is 0 Å². The molecule has 1 atom stereocenters. The first-order chi connectivity index (χ1) is 9.78. The maximum atomic E-state index is 12.2. The first-order valence-corrected chi connectivity index (χ1v) is 6.61. The van der Waals surface area contributed by atoms with E-state index in [9.17, 15) is 22.0 Å². The van der Waals surface area contributed by atoms with Gasteiger partial charge in [-0.05, 0) is 25.8 Å². The second-order valence-corrected chi connectivity index (χ2v) is 4.78. The standard InChI is InChI=1S/C14H18F5NO/c1-10(5-4-8-14(17,18)19)20-9-11-6-2-3-7-12(11)21-13(15)16/h2-3,6-7,10,13,20H,4-5,8-9H2,1H3. The van der Waals surface area contributed by atoms with E-state index < -0.39 is 19.2 Å². The first-order valence-electron chi connectivity index (χ1n) is 6.61. The normalized spacial score (nSPS) is 13.5. The van der Waals surface area contributed by atoms with Crippen LogP contribution in [0.25, 0.3) is 0 Å². The lowest BCUT2D eigenvalue weighted by Gasteiger charge is -2.16. The second kappa shape index (κ2) is 8.17. The largest absolute Gasteiger partial charge is 0.434 e. The molecule has 0 radical (unpaired) electrons. The number of benzene rings is 1. The first kappa shape index (κ1) is 17.7. The van der Waals surface area contributed by atoms with E-state index in [1.54, 1.807) is 25.1 Å². The topological polar surface area (TPSA) is 21.3 Å². The van der Waals surface area contributed by atoms with Crippen molar-refractivity contribution in [3.63, 3.8) is 0 Å². The van der Waals surface area contributed by atoms with Crippen LogP contribution in [-0.4, -0.2) is 18.8 Å². The minimum atomic E-state index is -4.14. The summed E-state index contributed by atoms with van der Waals surface area (Å²) in [5.74, 6) is 0.0718. The Labute approximate surface area is 120 Å². The van der Waals surface area contributed by atoms with Crippen LogP contribution in [0, 0.1) is 0 Å². The predicted molar refractivity (Wildman–Crippen MR) is 69.3 cm³/mol. The molecule has 0 amide bonds. The Balaban J connectivity index is 2.40. The minimum Gasteiger partial charge on any atom is -0.434 e. The minimum absolute atomic E-state index is 0.0346. The van der Waals surface area contributed by atoms with Gasteiger partial charge in [-0.3, -0.25) is 0 Å². The molecule has 0 aliphatic carbocycles. The molecule has 0 bridgehead atoms. The molecule has 0 saturated heterocycles. The quantitative estimate of drug-likeness (QED) is 0.714. The fourth-order valence-corrected chi connectivity index (χ4v) is 1.86. The maximum Gasteiger partial charge on any atom is 0.389 e. The molecular weight excluding hydrogens is 293 g/mol. The summed E-state index contributed by atoms with van der Waals surface area (Å²) < 4.78 is 64.9. The van der Waals surface area contributed by atoms with Gasteiger partial charge in [0.15, 0.2) is 0 Å². The number of alkyl halides is 5.